The molecule has 80 valence electrons. The van der Waals surface area contributed by atoms with Crippen LogP contribution in [0.15, 0.2) is 28.9 Å². The molecule has 0 radical (unpaired) electrons. The molecule has 15 heavy (non-hydrogen) atoms. The van der Waals surface area contributed by atoms with Crippen LogP contribution in [0.25, 0.3) is 11.0 Å². The number of fused-ring (bicyclic) bond motifs is 1. The SMILES string of the molecule is CC(N)C(C)c1cc2ccoc2cc1F. The first kappa shape index (κ1) is 10.2. The van der Waals surface area contributed by atoms with Gasteiger partial charge in [0, 0.05) is 17.5 Å². The highest BCUT2D eigenvalue weighted by atomic mass is 19.1. The van der Waals surface area contributed by atoms with Crippen molar-refractivity contribution < 1.29 is 8.81 Å². The number of rotatable bonds is 2. The van der Waals surface area contributed by atoms with Crippen molar-refractivity contribution >= 4 is 11.0 Å². The number of hydrogen-bond donors (Lipinski definition) is 1. The Morgan fingerprint density at radius 3 is 2.73 bits per heavy atom. The molecule has 0 saturated carbocycles. The van der Waals surface area contributed by atoms with Gasteiger partial charge in [-0.05, 0) is 30.5 Å². The molecule has 1 heterocycles. The molecule has 0 aliphatic rings. The molecule has 0 aliphatic heterocycles. The molecule has 0 bridgehead atoms. The van der Waals surface area contributed by atoms with Crippen LogP contribution in [0.2, 0.25) is 0 Å². The first-order valence-electron chi connectivity index (χ1n) is 5.02. The van der Waals surface area contributed by atoms with Crippen LogP contribution in [-0.2, 0) is 0 Å². The fraction of sp³-hybridized carbons (Fsp3) is 0.333. The molecule has 2 aromatic rings. The van der Waals surface area contributed by atoms with Crippen LogP contribution in [0, 0.1) is 5.82 Å². The van der Waals surface area contributed by atoms with Gasteiger partial charge < -0.3 is 10.2 Å². The molecule has 0 spiro atoms. The van der Waals surface area contributed by atoms with Gasteiger partial charge in [0.05, 0.1) is 6.26 Å². The second kappa shape index (κ2) is 3.66. The third-order valence-corrected chi connectivity index (χ3v) is 2.85. The Kier molecular flexibility index (Phi) is 2.49. The second-order valence-electron chi connectivity index (χ2n) is 3.98. The molecule has 0 amide bonds. The molecule has 1 aromatic heterocycles. The van der Waals surface area contributed by atoms with E-state index < -0.39 is 0 Å². The van der Waals surface area contributed by atoms with E-state index in [4.69, 9.17) is 10.2 Å². The highest BCUT2D eigenvalue weighted by Crippen LogP contribution is 2.26. The standard InChI is InChI=1S/C12H14FNO/c1-7(8(2)14)10-5-9-3-4-15-12(9)6-11(10)13/h3-8H,14H2,1-2H3. The summed E-state index contributed by atoms with van der Waals surface area (Å²) < 4.78 is 18.8. The lowest BCUT2D eigenvalue weighted by Crippen LogP contribution is -2.23. The van der Waals surface area contributed by atoms with Crippen LogP contribution in [0.3, 0.4) is 0 Å². The van der Waals surface area contributed by atoms with Crippen LogP contribution in [0.5, 0.6) is 0 Å². The molecule has 0 aliphatic carbocycles. The maximum Gasteiger partial charge on any atom is 0.136 e. The van der Waals surface area contributed by atoms with E-state index in [0.717, 1.165) is 5.39 Å². The van der Waals surface area contributed by atoms with Crippen molar-refractivity contribution in [2.45, 2.75) is 25.8 Å². The topological polar surface area (TPSA) is 39.2 Å². The van der Waals surface area contributed by atoms with Crippen LogP contribution in [-0.4, -0.2) is 6.04 Å². The van der Waals surface area contributed by atoms with Gasteiger partial charge in [-0.3, -0.25) is 0 Å². The average Bonchev–Trinajstić information content (AvgIpc) is 2.62. The van der Waals surface area contributed by atoms with Gasteiger partial charge in [0.2, 0.25) is 0 Å². The Hall–Kier alpha value is -1.35. The minimum absolute atomic E-state index is 0.00398. The van der Waals surface area contributed by atoms with E-state index in [0.29, 0.717) is 11.1 Å². The zero-order valence-electron chi connectivity index (χ0n) is 8.83. The first-order chi connectivity index (χ1) is 7.09. The summed E-state index contributed by atoms with van der Waals surface area (Å²) in [4.78, 5) is 0. The van der Waals surface area contributed by atoms with Crippen molar-refractivity contribution in [3.8, 4) is 0 Å². The number of benzene rings is 1. The summed E-state index contributed by atoms with van der Waals surface area (Å²) in [6.07, 6.45) is 1.56. The Morgan fingerprint density at radius 2 is 2.07 bits per heavy atom. The number of hydrogen-bond acceptors (Lipinski definition) is 2. The largest absolute Gasteiger partial charge is 0.464 e. The van der Waals surface area contributed by atoms with Crippen molar-refractivity contribution in [3.05, 3.63) is 35.8 Å². The Labute approximate surface area is 87.9 Å². The van der Waals surface area contributed by atoms with Gasteiger partial charge in [0.15, 0.2) is 0 Å². The van der Waals surface area contributed by atoms with Gasteiger partial charge in [0.1, 0.15) is 11.4 Å². The number of furan rings is 1. The Bertz CT molecular complexity index is 475. The molecule has 3 heteroatoms. The lowest BCUT2D eigenvalue weighted by Gasteiger charge is -2.16. The highest BCUT2D eigenvalue weighted by molar-refractivity contribution is 5.78. The minimum atomic E-state index is -0.248. The van der Waals surface area contributed by atoms with Crippen LogP contribution in [0.1, 0.15) is 25.3 Å². The van der Waals surface area contributed by atoms with Gasteiger partial charge in [0.25, 0.3) is 0 Å². The molecule has 1 aromatic carbocycles. The van der Waals surface area contributed by atoms with Crippen LogP contribution < -0.4 is 5.73 Å². The van der Waals surface area contributed by atoms with Gasteiger partial charge in [-0.1, -0.05) is 6.92 Å². The summed E-state index contributed by atoms with van der Waals surface area (Å²) in [5.74, 6) is -0.244. The maximum atomic E-state index is 13.7. The maximum absolute atomic E-state index is 13.7. The fourth-order valence-corrected chi connectivity index (χ4v) is 1.63. The summed E-state index contributed by atoms with van der Waals surface area (Å²) in [6.45, 7) is 3.80. The summed E-state index contributed by atoms with van der Waals surface area (Å²) in [5, 5.41) is 0.916. The van der Waals surface area contributed by atoms with Crippen LogP contribution >= 0.6 is 0 Å². The summed E-state index contributed by atoms with van der Waals surface area (Å²) in [5.41, 5.74) is 6.99. The Balaban J connectivity index is 2.54. The van der Waals surface area contributed by atoms with Crippen molar-refractivity contribution in [1.82, 2.24) is 0 Å². The average molecular weight is 207 g/mol. The van der Waals surface area contributed by atoms with Crippen molar-refractivity contribution in [3.63, 3.8) is 0 Å². The molecule has 0 saturated heterocycles. The van der Waals surface area contributed by atoms with Gasteiger partial charge in [-0.2, -0.15) is 0 Å². The zero-order chi connectivity index (χ0) is 11.0. The predicted octanol–water partition coefficient (Wildman–Crippen LogP) is 3.02. The summed E-state index contributed by atoms with van der Waals surface area (Å²) >= 11 is 0. The molecule has 2 unspecified atom stereocenters. The third kappa shape index (κ3) is 1.75. The van der Waals surface area contributed by atoms with Crippen molar-refractivity contribution in [2.24, 2.45) is 5.73 Å². The molecular formula is C12H14FNO. The van der Waals surface area contributed by atoms with Crippen molar-refractivity contribution in [2.75, 3.05) is 0 Å². The van der Waals surface area contributed by atoms with E-state index in [2.05, 4.69) is 0 Å². The van der Waals surface area contributed by atoms with E-state index in [9.17, 15) is 4.39 Å². The van der Waals surface area contributed by atoms with E-state index in [1.54, 1.807) is 6.26 Å². The molecule has 2 atom stereocenters. The predicted molar refractivity (Wildman–Crippen MR) is 58.2 cm³/mol. The summed E-state index contributed by atoms with van der Waals surface area (Å²) in [7, 11) is 0. The van der Waals surface area contributed by atoms with Gasteiger partial charge >= 0.3 is 0 Å². The lowest BCUT2D eigenvalue weighted by atomic mass is 9.94. The third-order valence-electron chi connectivity index (χ3n) is 2.85. The Morgan fingerprint density at radius 1 is 1.33 bits per heavy atom. The molecule has 0 fully saturated rings. The van der Waals surface area contributed by atoms with Gasteiger partial charge in [-0.15, -0.1) is 0 Å². The molecule has 2 N–H and O–H groups in total. The minimum Gasteiger partial charge on any atom is -0.464 e. The highest BCUT2D eigenvalue weighted by Gasteiger charge is 2.16. The monoisotopic (exact) mass is 207 g/mol. The summed E-state index contributed by atoms with van der Waals surface area (Å²) in [6, 6.07) is 4.99. The van der Waals surface area contributed by atoms with E-state index in [-0.39, 0.29) is 17.8 Å². The zero-order valence-corrected chi connectivity index (χ0v) is 8.83. The van der Waals surface area contributed by atoms with E-state index in [1.165, 1.54) is 6.07 Å². The normalized spacial score (nSPS) is 15.5. The first-order valence-corrected chi connectivity index (χ1v) is 5.02. The van der Waals surface area contributed by atoms with Crippen molar-refractivity contribution in [1.29, 1.82) is 0 Å². The van der Waals surface area contributed by atoms with E-state index in [1.807, 2.05) is 26.0 Å². The number of nitrogens with two attached hydrogens (primary N) is 1. The molecular weight excluding hydrogens is 193 g/mol. The van der Waals surface area contributed by atoms with Gasteiger partial charge in [-0.25, -0.2) is 4.39 Å². The molecule has 2 nitrogen and oxygen atoms in total. The quantitative estimate of drug-likeness (QED) is 0.822. The lowest BCUT2D eigenvalue weighted by molar-refractivity contribution is 0.547. The molecule has 2 rings (SSSR count). The second-order valence-corrected chi connectivity index (χ2v) is 3.98. The smallest absolute Gasteiger partial charge is 0.136 e. The number of halogens is 1. The van der Waals surface area contributed by atoms with E-state index >= 15 is 0 Å². The fourth-order valence-electron chi connectivity index (χ4n) is 1.63. The van der Waals surface area contributed by atoms with Crippen LogP contribution in [0.4, 0.5) is 4.39 Å².